The van der Waals surface area contributed by atoms with Crippen LogP contribution in [0.1, 0.15) is 33.6 Å². The highest BCUT2D eigenvalue weighted by Gasteiger charge is 2.09. The average molecular weight is 265 g/mol. The second kappa shape index (κ2) is 7.67. The van der Waals surface area contributed by atoms with E-state index in [0.717, 1.165) is 11.4 Å². The second-order valence-electron chi connectivity index (χ2n) is 5.18. The molecule has 0 radical (unpaired) electrons. The van der Waals surface area contributed by atoms with E-state index in [4.69, 9.17) is 9.84 Å². The third-order valence-electron chi connectivity index (χ3n) is 2.65. The van der Waals surface area contributed by atoms with Gasteiger partial charge in [-0.25, -0.2) is 0 Å². The van der Waals surface area contributed by atoms with Crippen molar-refractivity contribution in [1.29, 1.82) is 0 Å². The summed E-state index contributed by atoms with van der Waals surface area (Å²) in [6, 6.07) is 7.85. The molecule has 4 heteroatoms. The number of nitrogens with one attached hydrogen (secondary N) is 1. The summed E-state index contributed by atoms with van der Waals surface area (Å²) in [5, 5.41) is 12.0. The first-order valence-electron chi connectivity index (χ1n) is 6.69. The molecule has 0 spiro atoms. The van der Waals surface area contributed by atoms with Crippen LogP contribution in [0, 0.1) is 5.92 Å². The number of para-hydroxylation sites is 2. The molecule has 0 saturated carbocycles. The van der Waals surface area contributed by atoms with Crippen molar-refractivity contribution in [3.05, 3.63) is 24.3 Å². The van der Waals surface area contributed by atoms with Crippen LogP contribution in [0.2, 0.25) is 0 Å². The van der Waals surface area contributed by atoms with Crippen molar-refractivity contribution in [1.82, 2.24) is 0 Å². The predicted molar refractivity (Wildman–Crippen MR) is 76.7 cm³/mol. The minimum Gasteiger partial charge on any atom is -0.491 e. The molecule has 1 atom stereocenters. The number of carboxylic acids is 1. The van der Waals surface area contributed by atoms with Gasteiger partial charge in [-0.15, -0.1) is 0 Å². The van der Waals surface area contributed by atoms with Crippen LogP contribution in [0.5, 0.6) is 5.75 Å². The Balaban J connectivity index is 2.58. The lowest BCUT2D eigenvalue weighted by molar-refractivity contribution is -0.137. The maximum absolute atomic E-state index is 10.5. The van der Waals surface area contributed by atoms with Gasteiger partial charge in [0.05, 0.1) is 12.3 Å². The van der Waals surface area contributed by atoms with Gasteiger partial charge in [-0.05, 0) is 31.4 Å². The molecule has 0 heterocycles. The van der Waals surface area contributed by atoms with Crippen LogP contribution in [-0.4, -0.2) is 23.7 Å². The van der Waals surface area contributed by atoms with E-state index in [0.29, 0.717) is 18.9 Å². The summed E-state index contributed by atoms with van der Waals surface area (Å²) in [4.78, 5) is 10.5. The first-order valence-corrected chi connectivity index (χ1v) is 6.69. The zero-order chi connectivity index (χ0) is 14.3. The van der Waals surface area contributed by atoms with Gasteiger partial charge in [0.25, 0.3) is 0 Å². The lowest BCUT2D eigenvalue weighted by atomic mass is 10.1. The molecule has 106 valence electrons. The number of hydrogen-bond acceptors (Lipinski definition) is 3. The standard InChI is InChI=1S/C15H23NO3/c1-11(2)10-19-14-7-5-4-6-13(14)16-12(3)8-9-15(17)18/h4-7,11-12,16H,8-10H2,1-3H3,(H,17,18). The summed E-state index contributed by atoms with van der Waals surface area (Å²) in [5.74, 6) is 0.522. The van der Waals surface area contributed by atoms with Crippen LogP contribution in [0.25, 0.3) is 0 Å². The van der Waals surface area contributed by atoms with Crippen molar-refractivity contribution >= 4 is 11.7 Å². The van der Waals surface area contributed by atoms with Crippen LogP contribution in [0.15, 0.2) is 24.3 Å². The van der Waals surface area contributed by atoms with Gasteiger partial charge in [-0.1, -0.05) is 26.0 Å². The molecule has 1 aromatic carbocycles. The molecule has 0 aliphatic carbocycles. The van der Waals surface area contributed by atoms with Crippen molar-refractivity contribution in [2.24, 2.45) is 5.92 Å². The molecule has 19 heavy (non-hydrogen) atoms. The number of rotatable bonds is 8. The number of carbonyl (C=O) groups is 1. The first-order chi connectivity index (χ1) is 8.99. The van der Waals surface area contributed by atoms with Gasteiger partial charge in [0.2, 0.25) is 0 Å². The Bertz CT molecular complexity index is 404. The van der Waals surface area contributed by atoms with Gasteiger partial charge in [0, 0.05) is 12.5 Å². The maximum Gasteiger partial charge on any atom is 0.303 e. The minimum absolute atomic E-state index is 0.0971. The molecule has 0 amide bonds. The molecular formula is C15H23NO3. The van der Waals surface area contributed by atoms with E-state index in [1.54, 1.807) is 0 Å². The highest BCUT2D eigenvalue weighted by Crippen LogP contribution is 2.25. The Morgan fingerprint density at radius 1 is 1.32 bits per heavy atom. The number of ether oxygens (including phenoxy) is 1. The van der Waals surface area contributed by atoms with Crippen LogP contribution in [0.3, 0.4) is 0 Å². The molecule has 0 aliphatic rings. The summed E-state index contributed by atoms with van der Waals surface area (Å²) in [6.45, 7) is 6.85. The molecule has 2 N–H and O–H groups in total. The Morgan fingerprint density at radius 3 is 2.63 bits per heavy atom. The third kappa shape index (κ3) is 6.13. The van der Waals surface area contributed by atoms with Crippen molar-refractivity contribution in [2.75, 3.05) is 11.9 Å². The second-order valence-corrected chi connectivity index (χ2v) is 5.18. The summed E-state index contributed by atoms with van der Waals surface area (Å²) in [5.41, 5.74) is 0.918. The van der Waals surface area contributed by atoms with Crippen LogP contribution in [-0.2, 0) is 4.79 Å². The summed E-state index contributed by atoms with van der Waals surface area (Å²) < 4.78 is 5.75. The van der Waals surface area contributed by atoms with Crippen molar-refractivity contribution < 1.29 is 14.6 Å². The topological polar surface area (TPSA) is 58.6 Å². The SMILES string of the molecule is CC(C)COc1ccccc1NC(C)CCC(=O)O. The molecule has 1 rings (SSSR count). The van der Waals surface area contributed by atoms with Crippen molar-refractivity contribution in [3.8, 4) is 5.75 Å². The number of benzene rings is 1. The van der Waals surface area contributed by atoms with E-state index >= 15 is 0 Å². The van der Waals surface area contributed by atoms with Gasteiger partial charge < -0.3 is 15.2 Å². The fourth-order valence-corrected chi connectivity index (χ4v) is 1.65. The molecule has 1 unspecified atom stereocenters. The van der Waals surface area contributed by atoms with Gasteiger partial charge >= 0.3 is 5.97 Å². The summed E-state index contributed by atoms with van der Waals surface area (Å²) in [6.07, 6.45) is 0.761. The van der Waals surface area contributed by atoms with E-state index in [2.05, 4.69) is 19.2 Å². The van der Waals surface area contributed by atoms with Gasteiger partial charge in [-0.3, -0.25) is 4.79 Å². The molecule has 1 aromatic rings. The molecule has 0 fully saturated rings. The third-order valence-corrected chi connectivity index (χ3v) is 2.65. The fourth-order valence-electron chi connectivity index (χ4n) is 1.65. The van der Waals surface area contributed by atoms with Gasteiger partial charge in [0.1, 0.15) is 5.75 Å². The smallest absolute Gasteiger partial charge is 0.303 e. The average Bonchev–Trinajstić information content (AvgIpc) is 2.35. The first kappa shape index (κ1) is 15.3. The maximum atomic E-state index is 10.5. The number of aliphatic carboxylic acids is 1. The molecule has 0 saturated heterocycles. The van der Waals surface area contributed by atoms with Crippen LogP contribution < -0.4 is 10.1 Å². The van der Waals surface area contributed by atoms with E-state index in [-0.39, 0.29) is 12.5 Å². The lowest BCUT2D eigenvalue weighted by Gasteiger charge is -2.18. The molecular weight excluding hydrogens is 242 g/mol. The van der Waals surface area contributed by atoms with Gasteiger partial charge in [0.15, 0.2) is 0 Å². The zero-order valence-corrected chi connectivity index (χ0v) is 11.8. The molecule has 0 aromatic heterocycles. The summed E-state index contributed by atoms with van der Waals surface area (Å²) >= 11 is 0. The Hall–Kier alpha value is -1.71. The Morgan fingerprint density at radius 2 is 2.00 bits per heavy atom. The number of hydrogen-bond donors (Lipinski definition) is 2. The normalized spacial score (nSPS) is 12.2. The minimum atomic E-state index is -0.766. The summed E-state index contributed by atoms with van der Waals surface area (Å²) in [7, 11) is 0. The van der Waals surface area contributed by atoms with Crippen molar-refractivity contribution in [2.45, 2.75) is 39.7 Å². The largest absolute Gasteiger partial charge is 0.491 e. The van der Waals surface area contributed by atoms with Crippen molar-refractivity contribution in [3.63, 3.8) is 0 Å². The highest BCUT2D eigenvalue weighted by atomic mass is 16.5. The van der Waals surface area contributed by atoms with Gasteiger partial charge in [-0.2, -0.15) is 0 Å². The lowest BCUT2D eigenvalue weighted by Crippen LogP contribution is -2.17. The molecule has 4 nitrogen and oxygen atoms in total. The van der Waals surface area contributed by atoms with E-state index < -0.39 is 5.97 Å². The van der Waals surface area contributed by atoms with E-state index in [9.17, 15) is 4.79 Å². The fraction of sp³-hybridized carbons (Fsp3) is 0.533. The van der Waals surface area contributed by atoms with E-state index in [1.165, 1.54) is 0 Å². The Labute approximate surface area is 114 Å². The van der Waals surface area contributed by atoms with E-state index in [1.807, 2.05) is 31.2 Å². The quantitative estimate of drug-likeness (QED) is 0.756. The predicted octanol–water partition coefficient (Wildman–Crippen LogP) is 3.39. The number of anilines is 1. The highest BCUT2D eigenvalue weighted by molar-refractivity contribution is 5.66. The van der Waals surface area contributed by atoms with Crippen LogP contribution >= 0.6 is 0 Å². The number of carboxylic acid groups (broad SMARTS) is 1. The van der Waals surface area contributed by atoms with Crippen LogP contribution in [0.4, 0.5) is 5.69 Å². The monoisotopic (exact) mass is 265 g/mol. The zero-order valence-electron chi connectivity index (χ0n) is 11.8. The Kier molecular flexibility index (Phi) is 6.19. The molecule has 0 aliphatic heterocycles. The molecule has 0 bridgehead atoms.